The number of nitrogens with one attached hydrogen (secondary N) is 2. The van der Waals surface area contributed by atoms with Crippen molar-refractivity contribution in [3.63, 3.8) is 0 Å². The summed E-state index contributed by atoms with van der Waals surface area (Å²) in [6, 6.07) is 16.9. The number of hydrogen-bond donors (Lipinski definition) is 2. The first-order valence-electron chi connectivity index (χ1n) is 9.32. The first kappa shape index (κ1) is 19.8. The van der Waals surface area contributed by atoms with Crippen molar-refractivity contribution in [3.05, 3.63) is 82.9 Å². The maximum absolute atomic E-state index is 13.2. The van der Waals surface area contributed by atoms with Gasteiger partial charge in [0.25, 0.3) is 0 Å². The second kappa shape index (κ2) is 8.87. The van der Waals surface area contributed by atoms with Crippen molar-refractivity contribution >= 4 is 34.7 Å². The highest BCUT2D eigenvalue weighted by Gasteiger charge is 2.11. The Kier molecular flexibility index (Phi) is 5.85. The molecule has 152 valence electrons. The van der Waals surface area contributed by atoms with E-state index in [0.29, 0.717) is 41.0 Å². The summed E-state index contributed by atoms with van der Waals surface area (Å²) in [6.45, 7) is 0.586. The number of hydrogen-bond acceptors (Lipinski definition) is 5. The Hall–Kier alpha value is -3.52. The summed E-state index contributed by atoms with van der Waals surface area (Å²) >= 11 is 5.91. The molecule has 2 N–H and O–H groups in total. The lowest BCUT2D eigenvalue weighted by atomic mass is 10.2. The molecular weight excluding hydrogens is 407 g/mol. The molecule has 9 heteroatoms. The van der Waals surface area contributed by atoms with E-state index in [4.69, 9.17) is 11.6 Å². The summed E-state index contributed by atoms with van der Waals surface area (Å²) in [5.74, 6) is 0.575. The van der Waals surface area contributed by atoms with Crippen molar-refractivity contribution in [1.29, 1.82) is 0 Å². The van der Waals surface area contributed by atoms with Gasteiger partial charge in [0, 0.05) is 30.1 Å². The molecule has 0 radical (unpaired) electrons. The number of carbonyl (C=O) groups is 1. The average Bonchev–Trinajstić information content (AvgIpc) is 3.14. The lowest BCUT2D eigenvalue weighted by molar-refractivity contribution is -0.116. The Bertz CT molecular complexity index is 1180. The predicted octanol–water partition coefficient (Wildman–Crippen LogP) is 4.10. The zero-order valence-corrected chi connectivity index (χ0v) is 16.6. The van der Waals surface area contributed by atoms with Gasteiger partial charge in [-0.15, -0.1) is 15.3 Å². The Labute approximate surface area is 176 Å². The highest BCUT2D eigenvalue weighted by molar-refractivity contribution is 6.30. The van der Waals surface area contributed by atoms with Crippen LogP contribution in [0, 0.1) is 5.82 Å². The summed E-state index contributed by atoms with van der Waals surface area (Å²) in [7, 11) is 0. The van der Waals surface area contributed by atoms with Gasteiger partial charge >= 0.3 is 0 Å². The minimum Gasteiger partial charge on any atom is -0.365 e. The highest BCUT2D eigenvalue weighted by Crippen LogP contribution is 2.13. The van der Waals surface area contributed by atoms with E-state index >= 15 is 0 Å². The monoisotopic (exact) mass is 424 g/mol. The van der Waals surface area contributed by atoms with Crippen molar-refractivity contribution in [2.75, 3.05) is 10.6 Å². The molecule has 2 aromatic heterocycles. The number of aryl methyl sites for hydroxylation is 1. The summed E-state index contributed by atoms with van der Waals surface area (Å²) in [4.78, 5) is 12.2. The molecule has 0 spiro atoms. The number of anilines is 2. The minimum atomic E-state index is -0.404. The summed E-state index contributed by atoms with van der Waals surface area (Å²) in [6.07, 6.45) is 0.511. The molecule has 30 heavy (non-hydrogen) atoms. The van der Waals surface area contributed by atoms with E-state index in [2.05, 4.69) is 25.9 Å². The average molecular weight is 425 g/mol. The fourth-order valence-corrected chi connectivity index (χ4v) is 3.02. The van der Waals surface area contributed by atoms with E-state index in [1.807, 2.05) is 30.3 Å². The Morgan fingerprint density at radius 1 is 1.07 bits per heavy atom. The topological polar surface area (TPSA) is 84.2 Å². The normalized spacial score (nSPS) is 10.9. The van der Waals surface area contributed by atoms with Crippen molar-refractivity contribution in [2.45, 2.75) is 19.4 Å². The maximum atomic E-state index is 13.2. The molecule has 4 rings (SSSR count). The first-order chi connectivity index (χ1) is 14.6. The molecule has 0 fully saturated rings. The van der Waals surface area contributed by atoms with Crippen LogP contribution in [-0.2, 0) is 17.8 Å². The molecule has 4 aromatic rings. The second-order valence-corrected chi connectivity index (χ2v) is 7.08. The van der Waals surface area contributed by atoms with Gasteiger partial charge in [0.05, 0.1) is 0 Å². The highest BCUT2D eigenvalue weighted by atomic mass is 35.5. The number of benzene rings is 2. The van der Waals surface area contributed by atoms with E-state index in [-0.39, 0.29) is 12.3 Å². The number of halogens is 2. The van der Waals surface area contributed by atoms with E-state index in [1.165, 1.54) is 12.1 Å². The molecule has 0 atom stereocenters. The van der Waals surface area contributed by atoms with Gasteiger partial charge in [-0.1, -0.05) is 29.8 Å². The molecular formula is C21H18ClFN6O. The first-order valence-corrected chi connectivity index (χ1v) is 9.70. The number of amides is 1. The third-order valence-corrected chi connectivity index (χ3v) is 4.65. The molecule has 0 bridgehead atoms. The van der Waals surface area contributed by atoms with Crippen LogP contribution in [-0.4, -0.2) is 25.7 Å². The number of rotatable bonds is 7. The quantitative estimate of drug-likeness (QED) is 0.466. The summed E-state index contributed by atoms with van der Waals surface area (Å²) in [5, 5.41) is 19.3. The van der Waals surface area contributed by atoms with Gasteiger partial charge in [-0.25, -0.2) is 4.39 Å². The third kappa shape index (κ3) is 4.90. The number of aromatic nitrogens is 4. The maximum Gasteiger partial charge on any atom is 0.224 e. The van der Waals surface area contributed by atoms with Gasteiger partial charge in [0.1, 0.15) is 11.6 Å². The smallest absolute Gasteiger partial charge is 0.224 e. The molecule has 7 nitrogen and oxygen atoms in total. The zero-order valence-electron chi connectivity index (χ0n) is 15.8. The van der Waals surface area contributed by atoms with Crippen LogP contribution in [0.1, 0.15) is 17.8 Å². The lowest BCUT2D eigenvalue weighted by Crippen LogP contribution is -2.14. The van der Waals surface area contributed by atoms with E-state index in [9.17, 15) is 9.18 Å². The minimum absolute atomic E-state index is 0.168. The lowest BCUT2D eigenvalue weighted by Gasteiger charge is -2.07. The number of carbonyl (C=O) groups excluding carboxylic acids is 1. The fraction of sp³-hybridized carbons (Fsp3) is 0.143. The number of fused-ring (bicyclic) bond motifs is 1. The molecule has 0 unspecified atom stereocenters. The van der Waals surface area contributed by atoms with Crippen LogP contribution in [0.3, 0.4) is 0 Å². The molecule has 0 saturated heterocycles. The van der Waals surface area contributed by atoms with Crippen LogP contribution in [0.25, 0.3) is 5.65 Å². The van der Waals surface area contributed by atoms with Gasteiger partial charge < -0.3 is 10.6 Å². The van der Waals surface area contributed by atoms with Crippen LogP contribution >= 0.6 is 11.6 Å². The van der Waals surface area contributed by atoms with Crippen molar-refractivity contribution in [2.24, 2.45) is 0 Å². The van der Waals surface area contributed by atoms with Crippen LogP contribution in [0.15, 0.2) is 60.7 Å². The van der Waals surface area contributed by atoms with Crippen molar-refractivity contribution in [1.82, 2.24) is 19.8 Å². The van der Waals surface area contributed by atoms with E-state index in [1.54, 1.807) is 22.7 Å². The van der Waals surface area contributed by atoms with Crippen LogP contribution in [0.2, 0.25) is 5.02 Å². The SMILES string of the molecule is O=C(CCc1nnc2ccc(NCc3ccc(Cl)cc3)nn12)Nc1cccc(F)c1. The van der Waals surface area contributed by atoms with Gasteiger partial charge in [-0.2, -0.15) is 4.52 Å². The van der Waals surface area contributed by atoms with Gasteiger partial charge in [-0.3, -0.25) is 4.79 Å². The Morgan fingerprint density at radius 2 is 1.90 bits per heavy atom. The molecule has 2 aromatic carbocycles. The largest absolute Gasteiger partial charge is 0.365 e. The molecule has 0 aliphatic carbocycles. The number of nitrogens with zero attached hydrogens (tertiary/aromatic N) is 4. The molecule has 0 aliphatic rings. The Balaban J connectivity index is 1.39. The van der Waals surface area contributed by atoms with Gasteiger partial charge in [0.2, 0.25) is 5.91 Å². The van der Waals surface area contributed by atoms with Gasteiger partial charge in [-0.05, 0) is 48.0 Å². The predicted molar refractivity (Wildman–Crippen MR) is 113 cm³/mol. The van der Waals surface area contributed by atoms with Crippen LogP contribution in [0.5, 0.6) is 0 Å². The van der Waals surface area contributed by atoms with Crippen molar-refractivity contribution in [3.8, 4) is 0 Å². The molecule has 0 aliphatic heterocycles. The molecule has 1 amide bonds. The fourth-order valence-electron chi connectivity index (χ4n) is 2.89. The van der Waals surface area contributed by atoms with Crippen LogP contribution in [0.4, 0.5) is 15.9 Å². The summed E-state index contributed by atoms with van der Waals surface area (Å²) in [5.41, 5.74) is 2.07. The standard InChI is InChI=1S/C21H18ClFN6O/c22-15-6-4-14(5-7-15)13-24-18-8-9-19-26-27-20(29(19)28-18)10-11-21(30)25-17-3-1-2-16(23)12-17/h1-9,12H,10-11,13H2,(H,24,28)(H,25,30). The van der Waals surface area contributed by atoms with Crippen LogP contribution < -0.4 is 10.6 Å². The van der Waals surface area contributed by atoms with Gasteiger partial charge in [0.15, 0.2) is 11.5 Å². The Morgan fingerprint density at radius 3 is 2.70 bits per heavy atom. The summed E-state index contributed by atoms with van der Waals surface area (Å²) < 4.78 is 14.8. The molecule has 0 saturated carbocycles. The second-order valence-electron chi connectivity index (χ2n) is 6.64. The third-order valence-electron chi connectivity index (χ3n) is 4.40. The molecule has 2 heterocycles. The zero-order chi connectivity index (χ0) is 20.9. The van der Waals surface area contributed by atoms with E-state index in [0.717, 1.165) is 5.56 Å². The van der Waals surface area contributed by atoms with Crippen molar-refractivity contribution < 1.29 is 9.18 Å². The van der Waals surface area contributed by atoms with E-state index < -0.39 is 5.82 Å².